The quantitative estimate of drug-likeness (QED) is 0.542. The molecule has 0 aliphatic rings. The molecule has 0 radical (unpaired) electrons. The summed E-state index contributed by atoms with van der Waals surface area (Å²) >= 11 is 1.45. The molecule has 2 heterocycles. The number of ether oxygens (including phenoxy) is 1. The Balaban J connectivity index is 1.56. The predicted octanol–water partition coefficient (Wildman–Crippen LogP) is 4.06. The summed E-state index contributed by atoms with van der Waals surface area (Å²) in [6.45, 7) is 1.96. The van der Waals surface area contributed by atoms with E-state index in [2.05, 4.69) is 15.3 Å². The summed E-state index contributed by atoms with van der Waals surface area (Å²) in [5, 5.41) is 13.8. The molecule has 0 fully saturated rings. The summed E-state index contributed by atoms with van der Waals surface area (Å²) < 4.78 is 20.7. The minimum Gasteiger partial charge on any atom is -0.483 e. The summed E-state index contributed by atoms with van der Waals surface area (Å²) in [4.78, 5) is 0.718. The fourth-order valence-electron chi connectivity index (χ4n) is 2.49. The van der Waals surface area contributed by atoms with Crippen LogP contribution in [-0.4, -0.2) is 19.8 Å². The van der Waals surface area contributed by atoms with Crippen LogP contribution < -0.4 is 4.74 Å². The number of nitrogens with zero attached hydrogens (tertiary/aromatic N) is 4. The number of hydrogen-bond donors (Lipinski definition) is 0. The van der Waals surface area contributed by atoms with Crippen molar-refractivity contribution in [1.29, 1.82) is 0 Å². The molecule has 4 rings (SSSR count). The van der Waals surface area contributed by atoms with Crippen LogP contribution in [-0.2, 0) is 6.42 Å². The highest BCUT2D eigenvalue weighted by molar-refractivity contribution is 7.16. The molecular formula is C18H15FN4OS. The van der Waals surface area contributed by atoms with E-state index in [9.17, 15) is 4.39 Å². The highest BCUT2D eigenvalue weighted by Crippen LogP contribution is 2.25. The maximum absolute atomic E-state index is 13.0. The molecule has 1 atom stereocenters. The van der Waals surface area contributed by atoms with Crippen LogP contribution in [0.15, 0.2) is 54.6 Å². The van der Waals surface area contributed by atoms with E-state index in [0.717, 1.165) is 27.1 Å². The van der Waals surface area contributed by atoms with Crippen molar-refractivity contribution in [3.8, 4) is 5.75 Å². The predicted molar refractivity (Wildman–Crippen MR) is 93.4 cm³/mol. The maximum Gasteiger partial charge on any atom is 0.234 e. The van der Waals surface area contributed by atoms with Gasteiger partial charge in [-0.15, -0.1) is 10.2 Å². The number of rotatable bonds is 5. The van der Waals surface area contributed by atoms with Crippen molar-refractivity contribution in [3.63, 3.8) is 0 Å². The summed E-state index contributed by atoms with van der Waals surface area (Å²) in [7, 11) is 0. The smallest absolute Gasteiger partial charge is 0.234 e. The average molecular weight is 354 g/mol. The highest BCUT2D eigenvalue weighted by atomic mass is 32.1. The van der Waals surface area contributed by atoms with Gasteiger partial charge in [0.25, 0.3) is 0 Å². The maximum atomic E-state index is 13.0. The zero-order valence-corrected chi connectivity index (χ0v) is 14.3. The molecule has 0 saturated heterocycles. The van der Waals surface area contributed by atoms with E-state index in [4.69, 9.17) is 4.74 Å². The van der Waals surface area contributed by atoms with Gasteiger partial charge >= 0.3 is 0 Å². The largest absolute Gasteiger partial charge is 0.483 e. The van der Waals surface area contributed by atoms with Gasteiger partial charge < -0.3 is 4.74 Å². The topological polar surface area (TPSA) is 52.3 Å². The number of halogens is 1. The van der Waals surface area contributed by atoms with Crippen LogP contribution in [0, 0.1) is 5.82 Å². The molecule has 2 aromatic heterocycles. The van der Waals surface area contributed by atoms with Crippen molar-refractivity contribution in [2.24, 2.45) is 0 Å². The Bertz CT molecular complexity index is 981. The molecule has 5 nitrogen and oxygen atoms in total. The molecule has 0 unspecified atom stereocenters. The van der Waals surface area contributed by atoms with Crippen molar-refractivity contribution >= 4 is 16.3 Å². The first-order chi connectivity index (χ1) is 12.2. The molecular weight excluding hydrogens is 339 g/mol. The Morgan fingerprint density at radius 1 is 1.08 bits per heavy atom. The van der Waals surface area contributed by atoms with Crippen molar-refractivity contribution in [1.82, 2.24) is 19.8 Å². The molecule has 0 aliphatic carbocycles. The second-order valence-corrected chi connectivity index (χ2v) is 6.61. The van der Waals surface area contributed by atoms with E-state index < -0.39 is 0 Å². The number of fused-ring (bicyclic) bond motifs is 1. The fourth-order valence-corrected chi connectivity index (χ4v) is 3.32. The van der Waals surface area contributed by atoms with Crippen LogP contribution in [0.3, 0.4) is 0 Å². The Morgan fingerprint density at radius 2 is 1.84 bits per heavy atom. The first-order valence-electron chi connectivity index (χ1n) is 7.86. The molecule has 0 amide bonds. The van der Waals surface area contributed by atoms with Gasteiger partial charge in [0, 0.05) is 6.42 Å². The van der Waals surface area contributed by atoms with Gasteiger partial charge in [-0.2, -0.15) is 9.61 Å². The third-order valence-electron chi connectivity index (χ3n) is 3.75. The van der Waals surface area contributed by atoms with Crippen molar-refractivity contribution in [3.05, 3.63) is 76.8 Å². The van der Waals surface area contributed by atoms with Gasteiger partial charge in [0.15, 0.2) is 10.8 Å². The molecule has 0 saturated carbocycles. The summed E-state index contributed by atoms with van der Waals surface area (Å²) in [6, 6.07) is 16.0. The number of benzene rings is 2. The molecule has 7 heteroatoms. The van der Waals surface area contributed by atoms with Crippen molar-refractivity contribution in [2.45, 2.75) is 19.4 Å². The van der Waals surface area contributed by atoms with Gasteiger partial charge in [0.05, 0.1) is 0 Å². The first kappa shape index (κ1) is 15.7. The summed E-state index contributed by atoms with van der Waals surface area (Å²) in [5.74, 6) is 1.27. The lowest BCUT2D eigenvalue weighted by Crippen LogP contribution is -2.04. The fraction of sp³-hybridized carbons (Fsp3) is 0.167. The lowest BCUT2D eigenvalue weighted by molar-refractivity contribution is 0.225. The van der Waals surface area contributed by atoms with Gasteiger partial charge in [0.2, 0.25) is 4.96 Å². The standard InChI is InChI=1S/C18H15FN4OS/c1-12(24-15-5-3-2-4-6-15)17-22-23-16(20-21-18(23)25-17)11-13-7-9-14(19)10-8-13/h2-10,12H,11H2,1H3/t12-/m1/s1. The monoisotopic (exact) mass is 354 g/mol. The zero-order chi connectivity index (χ0) is 17.2. The van der Waals surface area contributed by atoms with Crippen LogP contribution in [0.25, 0.3) is 4.96 Å². The van der Waals surface area contributed by atoms with Gasteiger partial charge in [-0.25, -0.2) is 4.39 Å². The molecule has 126 valence electrons. The summed E-state index contributed by atoms with van der Waals surface area (Å²) in [6.07, 6.45) is 0.353. The van der Waals surface area contributed by atoms with E-state index in [1.807, 2.05) is 37.3 Å². The van der Waals surface area contributed by atoms with Gasteiger partial charge in [-0.3, -0.25) is 0 Å². The molecule has 2 aromatic carbocycles. The van der Waals surface area contributed by atoms with Crippen LogP contribution in [0.2, 0.25) is 0 Å². The Hall–Kier alpha value is -2.80. The lowest BCUT2D eigenvalue weighted by atomic mass is 10.1. The minimum atomic E-state index is -0.252. The molecule has 0 aliphatic heterocycles. The SMILES string of the molecule is C[C@@H](Oc1ccccc1)c1nn2c(Cc3ccc(F)cc3)nnc2s1. The van der Waals surface area contributed by atoms with Gasteiger partial charge in [-0.1, -0.05) is 41.7 Å². The van der Waals surface area contributed by atoms with E-state index in [0.29, 0.717) is 6.42 Å². The third kappa shape index (κ3) is 3.36. The summed E-state index contributed by atoms with van der Waals surface area (Å²) in [5.41, 5.74) is 0.957. The number of para-hydroxylation sites is 1. The van der Waals surface area contributed by atoms with Gasteiger partial charge in [-0.05, 0) is 36.8 Å². The Morgan fingerprint density at radius 3 is 2.60 bits per heavy atom. The minimum absolute atomic E-state index is 0.187. The van der Waals surface area contributed by atoms with E-state index in [1.54, 1.807) is 16.6 Å². The number of hydrogen-bond acceptors (Lipinski definition) is 5. The number of aromatic nitrogens is 4. The Labute approximate surface area is 147 Å². The second-order valence-electron chi connectivity index (χ2n) is 5.63. The van der Waals surface area contributed by atoms with Crippen molar-refractivity contribution in [2.75, 3.05) is 0 Å². The van der Waals surface area contributed by atoms with E-state index >= 15 is 0 Å². The molecule has 4 aromatic rings. The van der Waals surface area contributed by atoms with Crippen molar-refractivity contribution < 1.29 is 9.13 Å². The lowest BCUT2D eigenvalue weighted by Gasteiger charge is -2.11. The second kappa shape index (κ2) is 6.60. The molecule has 0 N–H and O–H groups in total. The first-order valence-corrected chi connectivity index (χ1v) is 8.68. The van der Waals surface area contributed by atoms with Crippen LogP contribution in [0.4, 0.5) is 4.39 Å². The van der Waals surface area contributed by atoms with E-state index in [1.165, 1.54) is 23.5 Å². The van der Waals surface area contributed by atoms with E-state index in [-0.39, 0.29) is 11.9 Å². The van der Waals surface area contributed by atoms with Crippen LogP contribution in [0.1, 0.15) is 29.4 Å². The average Bonchev–Trinajstić information content (AvgIpc) is 3.20. The Kier molecular flexibility index (Phi) is 4.15. The molecule has 0 spiro atoms. The zero-order valence-electron chi connectivity index (χ0n) is 13.5. The van der Waals surface area contributed by atoms with Gasteiger partial charge in [0.1, 0.15) is 17.7 Å². The highest BCUT2D eigenvalue weighted by Gasteiger charge is 2.17. The normalized spacial score (nSPS) is 12.4. The van der Waals surface area contributed by atoms with Crippen LogP contribution >= 0.6 is 11.3 Å². The molecule has 0 bridgehead atoms. The van der Waals surface area contributed by atoms with Crippen LogP contribution in [0.5, 0.6) is 5.75 Å². The molecule has 25 heavy (non-hydrogen) atoms. The third-order valence-corrected chi connectivity index (χ3v) is 4.81.